The van der Waals surface area contributed by atoms with Crippen LogP contribution in [0.4, 0.5) is 0 Å². The molecule has 194 valence electrons. The molecule has 35 heavy (non-hydrogen) atoms. The molecule has 1 aliphatic carbocycles. The van der Waals surface area contributed by atoms with E-state index in [1.165, 1.54) is 34.9 Å². The second-order valence-corrected chi connectivity index (χ2v) is 7.93. The third kappa shape index (κ3) is 11.8. The average Bonchev–Trinajstić information content (AvgIpc) is 3.31. The van der Waals surface area contributed by atoms with Crippen molar-refractivity contribution >= 4 is 11.9 Å². The molecule has 1 atom stereocenters. The van der Waals surface area contributed by atoms with Crippen molar-refractivity contribution in [3.05, 3.63) is 83.6 Å². The van der Waals surface area contributed by atoms with Crippen LogP contribution in [0, 0.1) is 6.92 Å². The molecule has 3 N–H and O–H groups in total. The van der Waals surface area contributed by atoms with Gasteiger partial charge in [0.2, 0.25) is 0 Å². The second kappa shape index (κ2) is 19.4. The molecule has 0 spiro atoms. The van der Waals surface area contributed by atoms with E-state index < -0.39 is 0 Å². The first-order chi connectivity index (χ1) is 16.9. The van der Waals surface area contributed by atoms with Crippen LogP contribution in [-0.2, 0) is 23.0 Å². The Morgan fingerprint density at radius 2 is 2.00 bits per heavy atom. The zero-order valence-electron chi connectivity index (χ0n) is 22.8. The van der Waals surface area contributed by atoms with Gasteiger partial charge in [0.05, 0.1) is 24.3 Å². The average molecular weight is 483 g/mol. The van der Waals surface area contributed by atoms with Crippen LogP contribution in [0.2, 0.25) is 0 Å². The number of rotatable bonds is 5. The van der Waals surface area contributed by atoms with Gasteiger partial charge in [0.25, 0.3) is 0 Å². The molecule has 0 unspecified atom stereocenters. The summed E-state index contributed by atoms with van der Waals surface area (Å²) in [5, 5.41) is 2.84. The van der Waals surface area contributed by atoms with E-state index in [0.717, 1.165) is 31.4 Å². The van der Waals surface area contributed by atoms with Gasteiger partial charge in [-0.25, -0.2) is 4.98 Å². The number of allylic oxidation sites excluding steroid dienone is 3. The number of nitrogens with one attached hydrogen (secondary N) is 1. The lowest BCUT2D eigenvalue weighted by Crippen LogP contribution is -2.16. The number of hydrogen-bond acceptors (Lipinski definition) is 5. The van der Waals surface area contributed by atoms with E-state index in [-0.39, 0.29) is 12.6 Å². The monoisotopic (exact) mass is 482 g/mol. The maximum absolute atomic E-state index is 9.28. The molecule has 1 aromatic heterocycles. The van der Waals surface area contributed by atoms with Crippen LogP contribution >= 0.6 is 0 Å². The first-order valence-electron chi connectivity index (χ1n) is 12.3. The van der Waals surface area contributed by atoms with E-state index in [4.69, 9.17) is 5.73 Å². The van der Waals surface area contributed by atoms with Gasteiger partial charge in [0.15, 0.2) is 0 Å². The molecule has 0 aliphatic heterocycles. The normalized spacial score (nSPS) is 15.1. The molecule has 0 saturated carbocycles. The summed E-state index contributed by atoms with van der Waals surface area (Å²) in [5.74, 6) is 0. The molecule has 0 saturated heterocycles. The van der Waals surface area contributed by atoms with Crippen molar-refractivity contribution in [3.8, 4) is 0 Å². The number of aryl methyl sites for hydroxylation is 3. The third-order valence-corrected chi connectivity index (χ3v) is 5.26. The number of imidazole rings is 1. The number of hydrogen-bond donors (Lipinski definition) is 2. The van der Waals surface area contributed by atoms with E-state index in [1.807, 2.05) is 64.2 Å². The fourth-order valence-electron chi connectivity index (χ4n) is 3.51. The molecular formula is C29H46N4O2. The van der Waals surface area contributed by atoms with Crippen LogP contribution in [0.25, 0.3) is 5.57 Å². The molecule has 6 heteroatoms. The predicted octanol–water partition coefficient (Wildman–Crippen LogP) is 5.69. The topological polar surface area (TPSA) is 82.2 Å². The number of aromatic nitrogens is 2. The molecule has 0 radical (unpaired) electrons. The van der Waals surface area contributed by atoms with E-state index in [0.29, 0.717) is 6.29 Å². The lowest BCUT2D eigenvalue weighted by molar-refractivity contribution is -0.110. The van der Waals surface area contributed by atoms with Gasteiger partial charge in [-0.3, -0.25) is 0 Å². The van der Waals surface area contributed by atoms with Crippen LogP contribution in [0.3, 0.4) is 0 Å². The Kier molecular flexibility index (Phi) is 17.7. The summed E-state index contributed by atoms with van der Waals surface area (Å²) in [6.45, 7) is 12.5. The third-order valence-electron chi connectivity index (χ3n) is 5.26. The van der Waals surface area contributed by atoms with Crippen LogP contribution in [-0.4, -0.2) is 36.6 Å². The van der Waals surface area contributed by atoms with Gasteiger partial charge in [-0.15, -0.1) is 0 Å². The fourth-order valence-corrected chi connectivity index (χ4v) is 3.51. The highest BCUT2D eigenvalue weighted by atomic mass is 16.5. The van der Waals surface area contributed by atoms with Crippen molar-refractivity contribution in [2.45, 2.75) is 59.4 Å². The first kappa shape index (κ1) is 32.0. The predicted molar refractivity (Wildman–Crippen MR) is 149 cm³/mol. The summed E-state index contributed by atoms with van der Waals surface area (Å²) in [7, 11) is 5.35. The van der Waals surface area contributed by atoms with Crippen molar-refractivity contribution in [2.24, 2.45) is 12.8 Å². The smallest absolute Gasteiger partial charge is 0.145 e. The highest BCUT2D eigenvalue weighted by molar-refractivity contribution is 5.73. The van der Waals surface area contributed by atoms with Crippen molar-refractivity contribution in [3.63, 3.8) is 0 Å². The van der Waals surface area contributed by atoms with Crippen molar-refractivity contribution < 1.29 is 9.53 Å². The van der Waals surface area contributed by atoms with Crippen LogP contribution in [0.5, 0.6) is 0 Å². The maximum Gasteiger partial charge on any atom is 0.145 e. The minimum Gasteiger partial charge on any atom is -0.394 e. The lowest BCUT2D eigenvalue weighted by atomic mass is 9.90. The summed E-state index contributed by atoms with van der Waals surface area (Å²) in [4.78, 5) is 13.5. The van der Waals surface area contributed by atoms with Gasteiger partial charge >= 0.3 is 0 Å². The van der Waals surface area contributed by atoms with Crippen LogP contribution in [0.15, 0.2) is 61.2 Å². The first-order valence-corrected chi connectivity index (χ1v) is 12.3. The molecular weight excluding hydrogens is 436 g/mol. The largest absolute Gasteiger partial charge is 0.394 e. The maximum atomic E-state index is 9.28. The summed E-state index contributed by atoms with van der Waals surface area (Å²) >= 11 is 0. The van der Waals surface area contributed by atoms with E-state index in [9.17, 15) is 4.79 Å². The summed E-state index contributed by atoms with van der Waals surface area (Å²) in [6.07, 6.45) is 14.6. The Morgan fingerprint density at radius 3 is 2.49 bits per heavy atom. The molecule has 1 heterocycles. The number of aldehydes is 1. The number of nitrogens with zero attached hydrogens (tertiary/aromatic N) is 2. The van der Waals surface area contributed by atoms with Gasteiger partial charge in [-0.2, -0.15) is 0 Å². The summed E-state index contributed by atoms with van der Waals surface area (Å²) < 4.78 is 6.33. The zero-order chi connectivity index (χ0) is 26.6. The Balaban J connectivity index is 0.000000809. The molecule has 6 nitrogen and oxygen atoms in total. The molecule has 0 fully saturated rings. The molecule has 1 aliphatic rings. The quantitative estimate of drug-likeness (QED) is 0.422. The second-order valence-electron chi connectivity index (χ2n) is 7.93. The molecule has 1 aromatic carbocycles. The summed E-state index contributed by atoms with van der Waals surface area (Å²) in [5.41, 5.74) is 14.1. The van der Waals surface area contributed by atoms with E-state index in [1.54, 1.807) is 0 Å². The van der Waals surface area contributed by atoms with Gasteiger partial charge in [0, 0.05) is 21.2 Å². The Labute approximate surface area is 213 Å². The molecule has 0 bridgehead atoms. The van der Waals surface area contributed by atoms with Gasteiger partial charge in [-0.05, 0) is 62.4 Å². The van der Waals surface area contributed by atoms with Crippen LogP contribution < -0.4 is 11.1 Å². The number of ether oxygens (including phenoxy) is 1. The van der Waals surface area contributed by atoms with Gasteiger partial charge in [-0.1, -0.05) is 61.9 Å². The number of carbonyl (C=O) groups is 1. The Bertz CT molecular complexity index is 929. The SMILES string of the molecule is C/C=C\NC.C=C1CC/C=C(/[C@@H](N)c2cncn2C)c2cc(C)ccc2CC1.CC.COCC=O. The molecule has 2 aromatic rings. The lowest BCUT2D eigenvalue weighted by Gasteiger charge is -2.20. The van der Waals surface area contributed by atoms with E-state index >= 15 is 0 Å². The van der Waals surface area contributed by atoms with Gasteiger partial charge in [0.1, 0.15) is 12.9 Å². The minimum absolute atomic E-state index is 0.158. The van der Waals surface area contributed by atoms with Crippen molar-refractivity contribution in [2.75, 3.05) is 20.8 Å². The standard InChI is InChI=1S/C20H25N3.C4H9N.C3H6O2.C2H6/c1-14-5-4-6-17(20(21)19-12-22-13-23(19)3)18-11-15(2)8-10-16(18)9-7-14;1-3-4-5-2;1-5-3-2-4;1-2/h6,8,10-13,20H,1,4-5,7,9,21H2,2-3H3;3-5H,1-2H3;2H,3H2,1H3;1-2H3/b17-6+;4-3-;;/t20-;;;/m1.../s1. The zero-order valence-corrected chi connectivity index (χ0v) is 22.8. The highest BCUT2D eigenvalue weighted by Gasteiger charge is 2.20. The number of carbonyl (C=O) groups excluding carboxylic acids is 1. The Morgan fingerprint density at radius 1 is 1.29 bits per heavy atom. The highest BCUT2D eigenvalue weighted by Crippen LogP contribution is 2.34. The Hall–Kier alpha value is -2.96. The van der Waals surface area contributed by atoms with Crippen molar-refractivity contribution in [1.82, 2.24) is 14.9 Å². The van der Waals surface area contributed by atoms with Crippen molar-refractivity contribution in [1.29, 1.82) is 0 Å². The minimum atomic E-state index is -0.158. The number of fused-ring (bicyclic) bond motifs is 1. The summed E-state index contributed by atoms with van der Waals surface area (Å²) in [6, 6.07) is 6.54. The number of methoxy groups -OCH3 is 1. The molecule has 3 rings (SSSR count). The molecule has 0 amide bonds. The van der Waals surface area contributed by atoms with Gasteiger partial charge < -0.3 is 25.1 Å². The fraction of sp³-hybridized carbons (Fsp3) is 0.448. The van der Waals surface area contributed by atoms with E-state index in [2.05, 4.69) is 52.8 Å². The number of benzene rings is 1. The van der Waals surface area contributed by atoms with Crippen LogP contribution in [0.1, 0.15) is 68.5 Å². The number of nitrogens with two attached hydrogens (primary N) is 1.